The van der Waals surface area contributed by atoms with Gasteiger partial charge in [0.1, 0.15) is 5.52 Å². The third kappa shape index (κ3) is 3.21. The molecule has 0 aliphatic carbocycles. The molecule has 5 nitrogen and oxygen atoms in total. The van der Waals surface area contributed by atoms with Crippen molar-refractivity contribution >= 4 is 16.8 Å². The van der Waals surface area contributed by atoms with Crippen molar-refractivity contribution in [2.24, 2.45) is 0 Å². The number of aromatic nitrogens is 2. The molecule has 1 N–H and O–H groups in total. The molecule has 1 saturated heterocycles. The number of carbonyl (C=O) groups excluding carboxylic acids is 1. The second-order valence-electron chi connectivity index (χ2n) is 6.91. The van der Waals surface area contributed by atoms with Crippen LogP contribution in [0.3, 0.4) is 0 Å². The molecule has 0 atom stereocenters. The minimum Gasteiger partial charge on any atom is -0.357 e. The van der Waals surface area contributed by atoms with Crippen molar-refractivity contribution in [1.29, 1.82) is 0 Å². The molecule has 1 aromatic carbocycles. The van der Waals surface area contributed by atoms with Crippen LogP contribution in [0, 0.1) is 0 Å². The number of fused-ring (bicyclic) bond motifs is 1. The molecule has 2 aromatic heterocycles. The summed E-state index contributed by atoms with van der Waals surface area (Å²) < 4.78 is 1.71. The molecule has 1 aliphatic heterocycles. The van der Waals surface area contributed by atoms with E-state index in [1.165, 1.54) is 0 Å². The van der Waals surface area contributed by atoms with E-state index in [1.54, 1.807) is 10.8 Å². The van der Waals surface area contributed by atoms with Crippen LogP contribution in [0.4, 0.5) is 0 Å². The summed E-state index contributed by atoms with van der Waals surface area (Å²) in [7, 11) is 0. The number of H-pyrrole nitrogens is 1. The van der Waals surface area contributed by atoms with Crippen molar-refractivity contribution in [2.75, 3.05) is 13.1 Å². The van der Waals surface area contributed by atoms with Crippen LogP contribution in [0.15, 0.2) is 59.7 Å². The first kappa shape index (κ1) is 17.3. The molecule has 0 spiro atoms. The number of hydrogen-bond acceptors (Lipinski definition) is 2. The van der Waals surface area contributed by atoms with Gasteiger partial charge in [-0.15, -0.1) is 0 Å². The Bertz CT molecular complexity index is 1050. The lowest BCUT2D eigenvalue weighted by Gasteiger charge is -2.15. The van der Waals surface area contributed by atoms with Crippen molar-refractivity contribution in [3.05, 3.63) is 70.8 Å². The van der Waals surface area contributed by atoms with E-state index in [0.717, 1.165) is 42.4 Å². The maximum Gasteiger partial charge on any atom is 0.275 e. The van der Waals surface area contributed by atoms with Crippen molar-refractivity contribution < 1.29 is 4.79 Å². The molecule has 0 bridgehead atoms. The SMILES string of the molecule is CC=CCn1cc(-c2ccc(C(=O)N3CCCC3)cc2)c2cc[nH]c2c1=O. The quantitative estimate of drug-likeness (QED) is 0.719. The number of aromatic amines is 1. The highest BCUT2D eigenvalue weighted by Gasteiger charge is 2.19. The fourth-order valence-corrected chi connectivity index (χ4v) is 3.68. The number of likely N-dealkylation sites (tertiary alicyclic amines) is 1. The summed E-state index contributed by atoms with van der Waals surface area (Å²) in [6.07, 6.45) is 9.75. The first-order chi connectivity index (χ1) is 13.2. The fraction of sp³-hybridized carbons (Fsp3) is 0.273. The molecule has 3 heterocycles. The van der Waals surface area contributed by atoms with Gasteiger partial charge in [-0.2, -0.15) is 0 Å². The van der Waals surface area contributed by atoms with Gasteiger partial charge in [-0.1, -0.05) is 24.3 Å². The summed E-state index contributed by atoms with van der Waals surface area (Å²) in [5, 5.41) is 0.898. The van der Waals surface area contributed by atoms with E-state index >= 15 is 0 Å². The lowest BCUT2D eigenvalue weighted by Crippen LogP contribution is -2.27. The molecule has 0 saturated carbocycles. The number of rotatable bonds is 4. The van der Waals surface area contributed by atoms with Gasteiger partial charge in [0, 0.05) is 48.5 Å². The number of benzene rings is 1. The minimum atomic E-state index is -0.0299. The molecule has 4 rings (SSSR count). The Kier molecular flexibility index (Phi) is 4.67. The van der Waals surface area contributed by atoms with E-state index in [9.17, 15) is 9.59 Å². The Labute approximate surface area is 157 Å². The monoisotopic (exact) mass is 361 g/mol. The van der Waals surface area contributed by atoms with Crippen molar-refractivity contribution in [3.8, 4) is 11.1 Å². The maximum atomic E-state index is 12.6. The van der Waals surface area contributed by atoms with Crippen molar-refractivity contribution in [2.45, 2.75) is 26.3 Å². The summed E-state index contributed by atoms with van der Waals surface area (Å²) in [6, 6.07) is 9.63. The van der Waals surface area contributed by atoms with E-state index in [-0.39, 0.29) is 11.5 Å². The van der Waals surface area contributed by atoms with Crippen LogP contribution >= 0.6 is 0 Å². The topological polar surface area (TPSA) is 58.1 Å². The zero-order valence-electron chi connectivity index (χ0n) is 15.4. The third-order valence-electron chi connectivity index (χ3n) is 5.17. The van der Waals surface area contributed by atoms with E-state index in [4.69, 9.17) is 0 Å². The summed E-state index contributed by atoms with van der Waals surface area (Å²) in [6.45, 7) is 4.17. The highest BCUT2D eigenvalue weighted by Crippen LogP contribution is 2.27. The van der Waals surface area contributed by atoms with Crippen LogP contribution in [0.1, 0.15) is 30.1 Å². The zero-order chi connectivity index (χ0) is 18.8. The average molecular weight is 361 g/mol. The van der Waals surface area contributed by atoms with Crippen LogP contribution < -0.4 is 5.56 Å². The lowest BCUT2D eigenvalue weighted by molar-refractivity contribution is 0.0793. The predicted octanol–water partition coefficient (Wildman–Crippen LogP) is 3.81. The second-order valence-corrected chi connectivity index (χ2v) is 6.91. The number of nitrogens with one attached hydrogen (secondary N) is 1. The number of nitrogens with zero attached hydrogens (tertiary/aromatic N) is 2. The largest absolute Gasteiger partial charge is 0.357 e. The second kappa shape index (κ2) is 7.27. The predicted molar refractivity (Wildman–Crippen MR) is 108 cm³/mol. The Morgan fingerprint density at radius 2 is 1.89 bits per heavy atom. The molecule has 1 aliphatic rings. The number of pyridine rings is 1. The Hall–Kier alpha value is -3.08. The first-order valence-electron chi connectivity index (χ1n) is 9.40. The third-order valence-corrected chi connectivity index (χ3v) is 5.17. The molecule has 0 unspecified atom stereocenters. The van der Waals surface area contributed by atoms with Gasteiger partial charge >= 0.3 is 0 Å². The highest BCUT2D eigenvalue weighted by molar-refractivity contribution is 5.97. The van der Waals surface area contributed by atoms with Crippen molar-refractivity contribution in [1.82, 2.24) is 14.5 Å². The average Bonchev–Trinajstić information content (AvgIpc) is 3.39. The molecule has 1 fully saturated rings. The molecule has 5 heteroatoms. The molecule has 0 radical (unpaired) electrons. The van der Waals surface area contributed by atoms with Crippen LogP contribution in [-0.4, -0.2) is 33.4 Å². The number of amides is 1. The molecular formula is C22H23N3O2. The standard InChI is InChI=1S/C22H23N3O2/c1-2-3-12-25-15-19(18-10-11-23-20(18)22(25)27)16-6-8-17(9-7-16)21(26)24-13-4-5-14-24/h2-3,6-11,15,23H,4-5,12-14H2,1H3. The van der Waals surface area contributed by atoms with Gasteiger partial charge < -0.3 is 14.5 Å². The van der Waals surface area contributed by atoms with Gasteiger partial charge in [0.15, 0.2) is 0 Å². The normalized spacial score (nSPS) is 14.5. The molecule has 27 heavy (non-hydrogen) atoms. The number of carbonyl (C=O) groups is 1. The maximum absolute atomic E-state index is 12.6. The van der Waals surface area contributed by atoms with E-state index in [1.807, 2.05) is 60.5 Å². The number of hydrogen-bond donors (Lipinski definition) is 1. The molecular weight excluding hydrogens is 338 g/mol. The highest BCUT2D eigenvalue weighted by atomic mass is 16.2. The van der Waals surface area contributed by atoms with Crippen molar-refractivity contribution in [3.63, 3.8) is 0 Å². The first-order valence-corrected chi connectivity index (χ1v) is 9.40. The summed E-state index contributed by atoms with van der Waals surface area (Å²) in [5.74, 6) is 0.101. The zero-order valence-corrected chi connectivity index (χ0v) is 15.4. The van der Waals surface area contributed by atoms with Gasteiger partial charge in [0.25, 0.3) is 11.5 Å². The Morgan fingerprint density at radius 1 is 1.15 bits per heavy atom. The van der Waals surface area contributed by atoms with Gasteiger partial charge in [-0.05, 0) is 43.5 Å². The molecule has 138 valence electrons. The smallest absolute Gasteiger partial charge is 0.275 e. The van der Waals surface area contributed by atoms with Gasteiger partial charge in [-0.25, -0.2) is 0 Å². The fourth-order valence-electron chi connectivity index (χ4n) is 3.68. The summed E-state index contributed by atoms with van der Waals surface area (Å²) in [5.41, 5.74) is 3.27. The molecule has 1 amide bonds. The van der Waals surface area contributed by atoms with Crippen LogP contribution in [0.25, 0.3) is 22.0 Å². The summed E-state index contributed by atoms with van der Waals surface area (Å²) >= 11 is 0. The van der Waals surface area contributed by atoms with E-state index < -0.39 is 0 Å². The minimum absolute atomic E-state index is 0.0299. The van der Waals surface area contributed by atoms with Crippen LogP contribution in [0.2, 0.25) is 0 Å². The van der Waals surface area contributed by atoms with Gasteiger partial charge in [-0.3, -0.25) is 9.59 Å². The summed E-state index contributed by atoms with van der Waals surface area (Å²) in [4.78, 5) is 30.1. The molecule has 3 aromatic rings. The van der Waals surface area contributed by atoms with E-state index in [0.29, 0.717) is 17.6 Å². The van der Waals surface area contributed by atoms with E-state index in [2.05, 4.69) is 4.98 Å². The Balaban J connectivity index is 1.73. The van der Waals surface area contributed by atoms with Crippen LogP contribution in [-0.2, 0) is 6.54 Å². The van der Waals surface area contributed by atoms with Gasteiger partial charge in [0.2, 0.25) is 0 Å². The van der Waals surface area contributed by atoms with Crippen LogP contribution in [0.5, 0.6) is 0 Å². The Morgan fingerprint density at radius 3 is 2.59 bits per heavy atom. The number of allylic oxidation sites excluding steroid dienone is 2. The van der Waals surface area contributed by atoms with Gasteiger partial charge in [0.05, 0.1) is 0 Å². The lowest BCUT2D eigenvalue weighted by atomic mass is 10.0.